The van der Waals surface area contributed by atoms with Crippen LogP contribution in [0.3, 0.4) is 0 Å². The molecule has 2 heterocycles. The van der Waals surface area contributed by atoms with Crippen LogP contribution in [-0.4, -0.2) is 77.6 Å². The highest BCUT2D eigenvalue weighted by atomic mass is 35.5. The van der Waals surface area contributed by atoms with E-state index in [1.165, 1.54) is 12.5 Å². The molecule has 0 spiro atoms. The predicted octanol–water partition coefficient (Wildman–Crippen LogP) is 4.01. The number of nitrogens with one attached hydrogen (secondary N) is 1. The van der Waals surface area contributed by atoms with E-state index in [1.807, 2.05) is 37.3 Å². The van der Waals surface area contributed by atoms with E-state index in [1.54, 1.807) is 0 Å². The van der Waals surface area contributed by atoms with Gasteiger partial charge in [-0.05, 0) is 62.2 Å². The van der Waals surface area contributed by atoms with Crippen LogP contribution in [-0.2, 0) is 16.1 Å². The van der Waals surface area contributed by atoms with Crippen molar-refractivity contribution in [3.8, 4) is 5.75 Å². The fourth-order valence-corrected chi connectivity index (χ4v) is 4.94. The summed E-state index contributed by atoms with van der Waals surface area (Å²) in [6.07, 6.45) is -3.44. The maximum Gasteiger partial charge on any atom is 0.490 e. The van der Waals surface area contributed by atoms with Gasteiger partial charge in [0.05, 0.1) is 17.8 Å². The minimum absolute atomic E-state index is 0.00685. The van der Waals surface area contributed by atoms with E-state index in [4.69, 9.17) is 26.2 Å². The number of nitrogens with zero attached hydrogens (tertiary/aromatic N) is 2. The van der Waals surface area contributed by atoms with Crippen LogP contribution in [0.15, 0.2) is 42.5 Å². The number of halogens is 4. The van der Waals surface area contributed by atoms with E-state index >= 15 is 0 Å². The Hall–Kier alpha value is -2.86. The van der Waals surface area contributed by atoms with Gasteiger partial charge < -0.3 is 25.2 Å². The van der Waals surface area contributed by atoms with E-state index in [0.29, 0.717) is 24.9 Å². The molecule has 2 atom stereocenters. The number of aliphatic carboxylic acids is 1. The number of aliphatic hydroxyl groups is 1. The summed E-state index contributed by atoms with van der Waals surface area (Å²) in [6.45, 7) is 7.62. The van der Waals surface area contributed by atoms with Crippen molar-refractivity contribution in [3.05, 3.63) is 58.6 Å². The average molecular weight is 572 g/mol. The molecular weight excluding hydrogens is 539 g/mol. The number of β-amino-alcohol motifs (C(OH)–C–C–N with tert-alkyl or cyclic N) is 1. The van der Waals surface area contributed by atoms with Crippen LogP contribution in [0.4, 0.5) is 18.9 Å². The Morgan fingerprint density at radius 2 is 1.72 bits per heavy atom. The highest BCUT2D eigenvalue weighted by Gasteiger charge is 2.38. The number of anilines is 1. The summed E-state index contributed by atoms with van der Waals surface area (Å²) >= 11 is 5.99. The van der Waals surface area contributed by atoms with Gasteiger partial charge >= 0.3 is 18.1 Å². The molecule has 12 heteroatoms. The van der Waals surface area contributed by atoms with Crippen molar-refractivity contribution in [2.75, 3.05) is 31.1 Å². The van der Waals surface area contributed by atoms with E-state index in [2.05, 4.69) is 27.2 Å². The molecule has 2 fully saturated rings. The van der Waals surface area contributed by atoms with Gasteiger partial charge in [-0.3, -0.25) is 9.69 Å². The van der Waals surface area contributed by atoms with Crippen LogP contribution in [0.1, 0.15) is 30.9 Å². The average Bonchev–Trinajstić information content (AvgIpc) is 3.20. The fraction of sp³-hybridized carbons (Fsp3) is 0.481. The molecule has 0 bridgehead atoms. The number of carboxylic acid groups (broad SMARTS) is 1. The molecule has 2 aromatic rings. The summed E-state index contributed by atoms with van der Waals surface area (Å²) in [6, 6.07) is 14.2. The number of aryl methyl sites for hydroxylation is 1. The highest BCUT2D eigenvalue weighted by Crippen LogP contribution is 2.34. The number of para-hydroxylation sites is 1. The second-order valence-corrected chi connectivity index (χ2v) is 10.2. The van der Waals surface area contributed by atoms with Crippen molar-refractivity contribution < 1.29 is 37.7 Å². The van der Waals surface area contributed by atoms with Crippen LogP contribution in [0.5, 0.6) is 5.75 Å². The number of carbonyl (C=O) groups is 2. The number of alkyl halides is 3. The smallest absolute Gasteiger partial charge is 0.475 e. The summed E-state index contributed by atoms with van der Waals surface area (Å²) < 4.78 is 37.2. The zero-order valence-electron chi connectivity index (χ0n) is 21.7. The Morgan fingerprint density at radius 3 is 2.28 bits per heavy atom. The molecule has 214 valence electrons. The fourth-order valence-electron chi connectivity index (χ4n) is 4.82. The number of carbonyl (C=O) groups excluding carboxylic acids is 1. The molecule has 2 aliphatic heterocycles. The first-order chi connectivity index (χ1) is 18.3. The monoisotopic (exact) mass is 571 g/mol. The van der Waals surface area contributed by atoms with Crippen molar-refractivity contribution >= 4 is 29.2 Å². The Morgan fingerprint density at radius 1 is 1.10 bits per heavy atom. The molecule has 0 saturated carbocycles. The molecule has 3 N–H and O–H groups in total. The van der Waals surface area contributed by atoms with Gasteiger partial charge in [0, 0.05) is 37.6 Å². The SMILES string of the molecule is CC(=O)Oc1cccc(C)c1N1C[C@@H](O)[C@H](NC2CCN(Cc3ccc(Cl)cc3)CC2)C1.O=C(O)C(F)(F)F. The van der Waals surface area contributed by atoms with Gasteiger partial charge in [0.2, 0.25) is 0 Å². The van der Waals surface area contributed by atoms with Gasteiger partial charge in [0.1, 0.15) is 0 Å². The van der Waals surface area contributed by atoms with Gasteiger partial charge in [-0.2, -0.15) is 13.2 Å². The quantitative estimate of drug-likeness (QED) is 0.353. The molecular formula is C27H33ClF3N3O5. The van der Waals surface area contributed by atoms with Crippen molar-refractivity contribution in [1.29, 1.82) is 0 Å². The first-order valence-electron chi connectivity index (χ1n) is 12.6. The molecule has 2 aliphatic rings. The number of aliphatic hydroxyl groups excluding tert-OH is 1. The zero-order valence-corrected chi connectivity index (χ0v) is 22.5. The van der Waals surface area contributed by atoms with Crippen LogP contribution in [0, 0.1) is 6.92 Å². The molecule has 0 unspecified atom stereocenters. The number of rotatable bonds is 6. The topological polar surface area (TPSA) is 102 Å². The second kappa shape index (κ2) is 13.5. The lowest BCUT2D eigenvalue weighted by Gasteiger charge is -2.34. The Bertz CT molecular complexity index is 1120. The van der Waals surface area contributed by atoms with Crippen LogP contribution >= 0.6 is 11.6 Å². The summed E-state index contributed by atoms with van der Waals surface area (Å²) in [5.74, 6) is -2.54. The van der Waals surface area contributed by atoms with Crippen LogP contribution in [0.25, 0.3) is 0 Å². The molecule has 4 rings (SSSR count). The molecule has 39 heavy (non-hydrogen) atoms. The molecule has 2 saturated heterocycles. The number of carboxylic acids is 1. The number of hydrogen-bond donors (Lipinski definition) is 3. The van der Waals surface area contributed by atoms with Gasteiger partial charge in [0.25, 0.3) is 0 Å². The van der Waals surface area contributed by atoms with Crippen molar-refractivity contribution in [1.82, 2.24) is 10.2 Å². The maximum atomic E-state index is 11.5. The lowest BCUT2D eigenvalue weighted by Crippen LogP contribution is -2.49. The van der Waals surface area contributed by atoms with Gasteiger partial charge in [-0.25, -0.2) is 4.79 Å². The van der Waals surface area contributed by atoms with Crippen LogP contribution < -0.4 is 15.0 Å². The Balaban J connectivity index is 0.000000532. The normalized spacial score (nSPS) is 20.3. The lowest BCUT2D eigenvalue weighted by atomic mass is 10.0. The van der Waals surface area contributed by atoms with Gasteiger partial charge in [0.15, 0.2) is 5.75 Å². The second-order valence-electron chi connectivity index (χ2n) is 9.74. The summed E-state index contributed by atoms with van der Waals surface area (Å²) in [7, 11) is 0. The van der Waals surface area contributed by atoms with E-state index in [9.17, 15) is 23.1 Å². The maximum absolute atomic E-state index is 11.5. The minimum Gasteiger partial charge on any atom is -0.475 e. The lowest BCUT2D eigenvalue weighted by molar-refractivity contribution is -0.192. The Labute approximate surface area is 230 Å². The molecule has 2 aromatic carbocycles. The molecule has 0 aromatic heterocycles. The molecule has 0 aliphatic carbocycles. The van der Waals surface area contributed by atoms with E-state index in [-0.39, 0.29) is 12.0 Å². The molecule has 8 nitrogen and oxygen atoms in total. The largest absolute Gasteiger partial charge is 0.490 e. The molecule has 0 radical (unpaired) electrons. The van der Waals surface area contributed by atoms with Crippen molar-refractivity contribution in [2.24, 2.45) is 0 Å². The van der Waals surface area contributed by atoms with Crippen molar-refractivity contribution in [3.63, 3.8) is 0 Å². The van der Waals surface area contributed by atoms with E-state index in [0.717, 1.165) is 48.7 Å². The third-order valence-corrected chi connectivity index (χ3v) is 6.91. The number of benzene rings is 2. The Kier molecular flexibility index (Phi) is 10.6. The summed E-state index contributed by atoms with van der Waals surface area (Å²) in [4.78, 5) is 25.0. The third-order valence-electron chi connectivity index (χ3n) is 6.66. The summed E-state index contributed by atoms with van der Waals surface area (Å²) in [5, 5.41) is 22.3. The highest BCUT2D eigenvalue weighted by molar-refractivity contribution is 6.30. The van der Waals surface area contributed by atoms with Gasteiger partial charge in [-0.15, -0.1) is 0 Å². The number of piperidine rings is 1. The first kappa shape index (κ1) is 30.7. The minimum atomic E-state index is -5.08. The third kappa shape index (κ3) is 9.10. The number of hydrogen-bond acceptors (Lipinski definition) is 7. The van der Waals surface area contributed by atoms with Crippen LogP contribution in [0.2, 0.25) is 5.02 Å². The summed E-state index contributed by atoms with van der Waals surface area (Å²) in [5.41, 5.74) is 3.21. The van der Waals surface area contributed by atoms with Gasteiger partial charge in [-0.1, -0.05) is 35.9 Å². The number of ether oxygens (including phenoxy) is 1. The zero-order chi connectivity index (χ0) is 28.7. The standard InChI is InChI=1S/C25H32ClN3O3.C2HF3O2/c1-17-4-3-5-24(32-18(2)30)25(17)29-15-22(23(31)16-29)27-21-10-12-28(13-11-21)14-19-6-8-20(26)9-7-19;3-2(4,5)1(6)7/h3-9,21-23,27,31H,10-16H2,1-2H3;(H,6,7)/t22-,23-;/m1./s1. The number of esters is 1. The van der Waals surface area contributed by atoms with E-state index < -0.39 is 18.2 Å². The van der Waals surface area contributed by atoms with Crippen molar-refractivity contribution in [2.45, 2.75) is 57.6 Å². The predicted molar refractivity (Wildman–Crippen MR) is 141 cm³/mol. The molecule has 0 amide bonds. The first-order valence-corrected chi connectivity index (χ1v) is 12.9. The number of likely N-dealkylation sites (tertiary alicyclic amines) is 1.